The van der Waals surface area contributed by atoms with Gasteiger partial charge in [0.2, 0.25) is 0 Å². The molecular weight excluding hydrogens is 216 g/mol. The maximum Gasteiger partial charge on any atom is 0.323 e. The number of hydrogen-bond acceptors (Lipinski definition) is 5. The van der Waals surface area contributed by atoms with Gasteiger partial charge in [0.1, 0.15) is 5.82 Å². The second kappa shape index (κ2) is 4.78. The summed E-state index contributed by atoms with van der Waals surface area (Å²) in [4.78, 5) is 12.4. The number of pyridine rings is 1. The zero-order chi connectivity index (χ0) is 12.3. The van der Waals surface area contributed by atoms with E-state index < -0.39 is 0 Å². The average Bonchev–Trinajstić information content (AvgIpc) is 2.31. The van der Waals surface area contributed by atoms with E-state index in [1.807, 2.05) is 26.0 Å². The van der Waals surface area contributed by atoms with Gasteiger partial charge >= 0.3 is 6.01 Å². The maximum atomic E-state index is 5.57. The smallest absolute Gasteiger partial charge is 0.323 e. The summed E-state index contributed by atoms with van der Waals surface area (Å²) in [5.74, 6) is 1.05. The first-order valence-corrected chi connectivity index (χ1v) is 5.42. The fraction of sp³-hybridized carbons (Fsp3) is 0.250. The number of ether oxygens (including phenoxy) is 1. The lowest BCUT2D eigenvalue weighted by atomic mass is 10.2. The molecule has 0 unspecified atom stereocenters. The highest BCUT2D eigenvalue weighted by Crippen LogP contribution is 2.22. The van der Waals surface area contributed by atoms with Crippen molar-refractivity contribution in [1.82, 2.24) is 15.0 Å². The first-order chi connectivity index (χ1) is 8.19. The van der Waals surface area contributed by atoms with Crippen molar-refractivity contribution in [3.8, 4) is 11.8 Å². The van der Waals surface area contributed by atoms with Crippen molar-refractivity contribution in [2.45, 2.75) is 20.3 Å². The molecule has 88 valence electrons. The largest absolute Gasteiger partial charge is 0.422 e. The third-order valence-corrected chi connectivity index (χ3v) is 2.26. The molecule has 17 heavy (non-hydrogen) atoms. The van der Waals surface area contributed by atoms with E-state index in [0.717, 1.165) is 17.8 Å². The van der Waals surface area contributed by atoms with Gasteiger partial charge in [0.05, 0.1) is 5.69 Å². The molecule has 0 aliphatic carbocycles. The Bertz CT molecular complexity index is 528. The van der Waals surface area contributed by atoms with Crippen molar-refractivity contribution in [2.75, 3.05) is 5.73 Å². The fourth-order valence-electron chi connectivity index (χ4n) is 1.45. The Hall–Kier alpha value is -2.17. The Balaban J connectivity index is 2.29. The highest BCUT2D eigenvalue weighted by molar-refractivity contribution is 5.33. The number of aryl methyl sites for hydroxylation is 2. The number of rotatable bonds is 3. The van der Waals surface area contributed by atoms with E-state index in [1.54, 1.807) is 12.3 Å². The van der Waals surface area contributed by atoms with Gasteiger partial charge in [0.15, 0.2) is 5.75 Å². The third-order valence-electron chi connectivity index (χ3n) is 2.26. The van der Waals surface area contributed by atoms with E-state index in [9.17, 15) is 0 Å². The topological polar surface area (TPSA) is 73.9 Å². The lowest BCUT2D eigenvalue weighted by Gasteiger charge is -2.08. The van der Waals surface area contributed by atoms with E-state index in [2.05, 4.69) is 15.0 Å². The number of aromatic nitrogens is 3. The van der Waals surface area contributed by atoms with Crippen molar-refractivity contribution in [1.29, 1.82) is 0 Å². The molecule has 5 nitrogen and oxygen atoms in total. The maximum absolute atomic E-state index is 5.57. The molecule has 0 radical (unpaired) electrons. The van der Waals surface area contributed by atoms with Crippen LogP contribution in [0.25, 0.3) is 0 Å². The summed E-state index contributed by atoms with van der Waals surface area (Å²) < 4.78 is 5.57. The Morgan fingerprint density at radius 2 is 2.06 bits per heavy atom. The number of hydrogen-bond donors (Lipinski definition) is 1. The van der Waals surface area contributed by atoms with Crippen molar-refractivity contribution in [3.05, 3.63) is 35.8 Å². The van der Waals surface area contributed by atoms with Gasteiger partial charge in [0.25, 0.3) is 0 Å². The van der Waals surface area contributed by atoms with E-state index in [1.165, 1.54) is 0 Å². The van der Waals surface area contributed by atoms with Gasteiger partial charge in [-0.2, -0.15) is 4.98 Å². The Morgan fingerprint density at radius 1 is 1.24 bits per heavy atom. The van der Waals surface area contributed by atoms with Gasteiger partial charge in [-0.15, -0.1) is 0 Å². The van der Waals surface area contributed by atoms with Crippen LogP contribution < -0.4 is 10.5 Å². The van der Waals surface area contributed by atoms with Gasteiger partial charge in [-0.25, -0.2) is 4.98 Å². The average molecular weight is 230 g/mol. The molecule has 2 heterocycles. The monoisotopic (exact) mass is 230 g/mol. The van der Waals surface area contributed by atoms with Crippen molar-refractivity contribution in [3.63, 3.8) is 0 Å². The summed E-state index contributed by atoms with van der Waals surface area (Å²) in [5, 5.41) is 0. The number of nitrogens with zero attached hydrogens (tertiary/aromatic N) is 3. The van der Waals surface area contributed by atoms with Gasteiger partial charge in [0, 0.05) is 11.9 Å². The van der Waals surface area contributed by atoms with Crippen LogP contribution in [0, 0.1) is 6.92 Å². The molecule has 5 heteroatoms. The molecule has 0 atom stereocenters. The van der Waals surface area contributed by atoms with E-state index in [4.69, 9.17) is 10.5 Å². The fourth-order valence-corrected chi connectivity index (χ4v) is 1.45. The molecule has 0 saturated heterocycles. The third kappa shape index (κ3) is 2.69. The van der Waals surface area contributed by atoms with Crippen LogP contribution >= 0.6 is 0 Å². The minimum absolute atomic E-state index is 0.241. The van der Waals surface area contributed by atoms with Gasteiger partial charge < -0.3 is 10.5 Å². The Kier molecular flexibility index (Phi) is 3.18. The molecular formula is C12H14N4O. The van der Waals surface area contributed by atoms with E-state index in [-0.39, 0.29) is 6.01 Å². The van der Waals surface area contributed by atoms with Crippen LogP contribution in [0.4, 0.5) is 5.82 Å². The molecule has 0 spiro atoms. The first-order valence-electron chi connectivity index (χ1n) is 5.42. The summed E-state index contributed by atoms with van der Waals surface area (Å²) in [6.45, 7) is 3.97. The SMILES string of the molecule is CCc1nc(C)ccc1Oc1nccc(N)n1. The van der Waals surface area contributed by atoms with Crippen LogP contribution in [-0.4, -0.2) is 15.0 Å². The van der Waals surface area contributed by atoms with Crippen LogP contribution in [0.1, 0.15) is 18.3 Å². The second-order valence-electron chi connectivity index (χ2n) is 3.62. The van der Waals surface area contributed by atoms with Gasteiger partial charge in [-0.1, -0.05) is 6.92 Å². The summed E-state index contributed by atoms with van der Waals surface area (Å²) in [6, 6.07) is 5.61. The van der Waals surface area contributed by atoms with Gasteiger partial charge in [-0.3, -0.25) is 4.98 Å². The standard InChI is InChI=1S/C12H14N4O/c1-3-9-10(5-4-8(2)15-9)17-12-14-7-6-11(13)16-12/h4-7H,3H2,1-2H3,(H2,13,14,16). The number of anilines is 1. The minimum Gasteiger partial charge on any atom is -0.422 e. The minimum atomic E-state index is 0.241. The zero-order valence-electron chi connectivity index (χ0n) is 9.84. The van der Waals surface area contributed by atoms with Gasteiger partial charge in [-0.05, 0) is 31.5 Å². The molecule has 2 aromatic rings. The summed E-state index contributed by atoms with van der Waals surface area (Å²) >= 11 is 0. The van der Waals surface area contributed by atoms with Crippen molar-refractivity contribution in [2.24, 2.45) is 0 Å². The van der Waals surface area contributed by atoms with Crippen LogP contribution in [0.15, 0.2) is 24.4 Å². The molecule has 0 aromatic carbocycles. The second-order valence-corrected chi connectivity index (χ2v) is 3.62. The summed E-state index contributed by atoms with van der Waals surface area (Å²) in [7, 11) is 0. The molecule has 2 N–H and O–H groups in total. The van der Waals surface area contributed by atoms with E-state index >= 15 is 0 Å². The van der Waals surface area contributed by atoms with E-state index in [0.29, 0.717) is 11.6 Å². The number of nitrogens with two attached hydrogens (primary N) is 1. The van der Waals surface area contributed by atoms with Crippen molar-refractivity contribution >= 4 is 5.82 Å². The van der Waals surface area contributed by atoms with Crippen LogP contribution in [0.3, 0.4) is 0 Å². The van der Waals surface area contributed by atoms with Crippen LogP contribution in [0.5, 0.6) is 11.8 Å². The molecule has 2 rings (SSSR count). The summed E-state index contributed by atoms with van der Waals surface area (Å²) in [5.41, 5.74) is 7.41. The van der Waals surface area contributed by atoms with Crippen LogP contribution in [-0.2, 0) is 6.42 Å². The normalized spacial score (nSPS) is 10.2. The first kappa shape index (κ1) is 11.3. The molecule has 0 amide bonds. The predicted octanol–water partition coefficient (Wildman–Crippen LogP) is 2.12. The lowest BCUT2D eigenvalue weighted by Crippen LogP contribution is -1.99. The highest BCUT2D eigenvalue weighted by Gasteiger charge is 2.07. The molecule has 0 saturated carbocycles. The summed E-state index contributed by atoms with van der Waals surface area (Å²) in [6.07, 6.45) is 2.35. The van der Waals surface area contributed by atoms with Crippen molar-refractivity contribution < 1.29 is 4.74 Å². The number of nitrogen functional groups attached to an aromatic ring is 1. The van der Waals surface area contributed by atoms with Crippen LogP contribution in [0.2, 0.25) is 0 Å². The zero-order valence-corrected chi connectivity index (χ0v) is 9.84. The lowest BCUT2D eigenvalue weighted by molar-refractivity contribution is 0.434. The predicted molar refractivity (Wildman–Crippen MR) is 64.9 cm³/mol. The molecule has 0 aliphatic heterocycles. The molecule has 0 bridgehead atoms. The molecule has 0 fully saturated rings. The molecule has 2 aromatic heterocycles. The quantitative estimate of drug-likeness (QED) is 0.874. The molecule has 0 aliphatic rings. The Morgan fingerprint density at radius 3 is 2.76 bits per heavy atom. The highest BCUT2D eigenvalue weighted by atomic mass is 16.5. The Labute approximate surface area is 99.7 Å².